The Hall–Kier alpha value is -1.06. The van der Waals surface area contributed by atoms with E-state index in [1.165, 1.54) is 205 Å². The predicted molar refractivity (Wildman–Crippen MR) is 216 cm³/mol. The molecule has 0 radical (unpaired) electrons. The molecular formula is C46H88O4. The lowest BCUT2D eigenvalue weighted by atomic mass is 9.69. The van der Waals surface area contributed by atoms with E-state index in [-0.39, 0.29) is 11.9 Å². The van der Waals surface area contributed by atoms with E-state index in [4.69, 9.17) is 9.47 Å². The fourth-order valence-corrected chi connectivity index (χ4v) is 7.64. The van der Waals surface area contributed by atoms with E-state index in [1.807, 2.05) is 0 Å². The number of carbonyl (C=O) groups is 2. The van der Waals surface area contributed by atoms with Crippen LogP contribution in [-0.2, 0) is 19.1 Å². The van der Waals surface area contributed by atoms with Gasteiger partial charge >= 0.3 is 11.9 Å². The standard InChI is InChI=1S/C46H88O4/c1-3-5-7-9-11-13-15-17-19-21-23-25-27-29-31-33-35-37-42-49-44(47)46(40-39-41-46)45(48)50-43-38-36-34-32-30-28-26-24-22-20-18-16-14-12-10-8-6-4-2/h3-43H2,1-2H3. The van der Waals surface area contributed by atoms with E-state index in [0.29, 0.717) is 26.1 Å². The second-order valence-electron chi connectivity index (χ2n) is 16.2. The molecule has 1 saturated carbocycles. The Morgan fingerprint density at radius 3 is 0.720 bits per heavy atom. The van der Waals surface area contributed by atoms with Crippen LogP contribution in [0.1, 0.15) is 264 Å². The summed E-state index contributed by atoms with van der Waals surface area (Å²) < 4.78 is 11.2. The van der Waals surface area contributed by atoms with E-state index in [2.05, 4.69) is 13.8 Å². The van der Waals surface area contributed by atoms with Crippen molar-refractivity contribution < 1.29 is 19.1 Å². The molecule has 0 aromatic carbocycles. The minimum Gasteiger partial charge on any atom is -0.465 e. The van der Waals surface area contributed by atoms with E-state index in [0.717, 1.165) is 32.1 Å². The van der Waals surface area contributed by atoms with Gasteiger partial charge in [0, 0.05) is 0 Å². The van der Waals surface area contributed by atoms with Gasteiger partial charge in [0.2, 0.25) is 0 Å². The van der Waals surface area contributed by atoms with Gasteiger partial charge < -0.3 is 9.47 Å². The van der Waals surface area contributed by atoms with Crippen LogP contribution in [0.25, 0.3) is 0 Å². The van der Waals surface area contributed by atoms with Crippen LogP contribution < -0.4 is 0 Å². The molecule has 0 unspecified atom stereocenters. The second kappa shape index (κ2) is 36.3. The fraction of sp³-hybridized carbons (Fsp3) is 0.957. The summed E-state index contributed by atoms with van der Waals surface area (Å²) in [5.41, 5.74) is -1.01. The zero-order valence-corrected chi connectivity index (χ0v) is 34.1. The Morgan fingerprint density at radius 2 is 0.540 bits per heavy atom. The van der Waals surface area contributed by atoms with Gasteiger partial charge in [0.05, 0.1) is 13.2 Å². The third-order valence-electron chi connectivity index (χ3n) is 11.5. The van der Waals surface area contributed by atoms with Crippen LogP contribution in [0.5, 0.6) is 0 Å². The largest absolute Gasteiger partial charge is 0.465 e. The first-order valence-electron chi connectivity index (χ1n) is 23.0. The van der Waals surface area contributed by atoms with Crippen molar-refractivity contribution in [3.05, 3.63) is 0 Å². The summed E-state index contributed by atoms with van der Waals surface area (Å²) in [7, 11) is 0. The maximum absolute atomic E-state index is 12.8. The summed E-state index contributed by atoms with van der Waals surface area (Å²) in [4.78, 5) is 25.7. The number of unbranched alkanes of at least 4 members (excludes halogenated alkanes) is 34. The highest BCUT2D eigenvalue weighted by molar-refractivity contribution is 6.01. The van der Waals surface area contributed by atoms with Gasteiger partial charge in [-0.15, -0.1) is 0 Å². The third kappa shape index (κ3) is 26.7. The quantitative estimate of drug-likeness (QED) is 0.0362. The minimum absolute atomic E-state index is 0.335. The van der Waals surface area contributed by atoms with Gasteiger partial charge in [0.1, 0.15) is 0 Å². The molecule has 1 aliphatic carbocycles. The highest BCUT2D eigenvalue weighted by atomic mass is 16.6. The van der Waals surface area contributed by atoms with Gasteiger partial charge in [-0.05, 0) is 32.1 Å². The molecule has 0 atom stereocenters. The van der Waals surface area contributed by atoms with Crippen molar-refractivity contribution in [3.63, 3.8) is 0 Å². The summed E-state index contributed by atoms with van der Waals surface area (Å²) in [6.07, 6.45) is 50.4. The van der Waals surface area contributed by atoms with Crippen LogP contribution in [0.2, 0.25) is 0 Å². The Morgan fingerprint density at radius 1 is 0.340 bits per heavy atom. The molecule has 296 valence electrons. The zero-order chi connectivity index (χ0) is 36.1. The smallest absolute Gasteiger partial charge is 0.323 e. The second-order valence-corrected chi connectivity index (χ2v) is 16.2. The zero-order valence-electron chi connectivity index (χ0n) is 34.1. The van der Waals surface area contributed by atoms with E-state index >= 15 is 0 Å². The third-order valence-corrected chi connectivity index (χ3v) is 11.5. The number of esters is 2. The number of hydrogen-bond acceptors (Lipinski definition) is 4. The maximum Gasteiger partial charge on any atom is 0.323 e. The minimum atomic E-state index is -1.01. The monoisotopic (exact) mass is 705 g/mol. The first-order valence-corrected chi connectivity index (χ1v) is 23.0. The van der Waals surface area contributed by atoms with Crippen LogP contribution >= 0.6 is 0 Å². The number of hydrogen-bond donors (Lipinski definition) is 0. The molecule has 0 spiro atoms. The van der Waals surface area contributed by atoms with Crippen molar-refractivity contribution in [2.45, 2.75) is 264 Å². The van der Waals surface area contributed by atoms with E-state index in [1.54, 1.807) is 0 Å². The molecule has 0 aromatic heterocycles. The lowest BCUT2D eigenvalue weighted by Gasteiger charge is -2.36. The van der Waals surface area contributed by atoms with Gasteiger partial charge in [-0.3, -0.25) is 9.59 Å². The summed E-state index contributed by atoms with van der Waals surface area (Å²) in [5.74, 6) is -0.669. The summed E-state index contributed by atoms with van der Waals surface area (Å²) in [6.45, 7) is 5.45. The first kappa shape index (κ1) is 47.0. The molecule has 1 aliphatic rings. The van der Waals surface area contributed by atoms with Crippen molar-refractivity contribution in [2.24, 2.45) is 5.41 Å². The molecule has 1 rings (SSSR count). The summed E-state index contributed by atoms with van der Waals surface area (Å²) in [5, 5.41) is 0. The lowest BCUT2D eigenvalue weighted by Crippen LogP contribution is -2.47. The molecule has 0 aliphatic heterocycles. The van der Waals surface area contributed by atoms with Crippen molar-refractivity contribution in [3.8, 4) is 0 Å². The SMILES string of the molecule is CCCCCCCCCCCCCCCCCCCCOC(=O)C1(C(=O)OCCCCCCCCCCCCCCCCCCCC)CCC1. The fourth-order valence-electron chi connectivity index (χ4n) is 7.64. The van der Waals surface area contributed by atoms with Gasteiger partial charge in [-0.25, -0.2) is 0 Å². The highest BCUT2D eigenvalue weighted by Crippen LogP contribution is 2.43. The topological polar surface area (TPSA) is 52.6 Å². The molecule has 0 bridgehead atoms. The first-order chi connectivity index (χ1) is 24.7. The number of ether oxygens (including phenoxy) is 2. The van der Waals surface area contributed by atoms with Gasteiger partial charge in [0.15, 0.2) is 5.41 Å². The molecule has 4 heteroatoms. The lowest BCUT2D eigenvalue weighted by molar-refractivity contribution is -0.179. The molecule has 50 heavy (non-hydrogen) atoms. The Kier molecular flexibility index (Phi) is 34.1. The molecule has 0 heterocycles. The van der Waals surface area contributed by atoms with Crippen LogP contribution in [-0.4, -0.2) is 25.2 Å². The number of rotatable bonds is 40. The van der Waals surface area contributed by atoms with Crippen molar-refractivity contribution >= 4 is 11.9 Å². The summed E-state index contributed by atoms with van der Waals surface area (Å²) in [6, 6.07) is 0. The van der Waals surface area contributed by atoms with Crippen molar-refractivity contribution in [1.29, 1.82) is 0 Å². The molecular weight excluding hydrogens is 617 g/mol. The molecule has 4 nitrogen and oxygen atoms in total. The normalized spacial score (nSPS) is 13.7. The van der Waals surface area contributed by atoms with Gasteiger partial charge in [-0.1, -0.05) is 232 Å². The molecule has 0 aromatic rings. The Balaban J connectivity index is 1.87. The van der Waals surface area contributed by atoms with Crippen molar-refractivity contribution in [2.75, 3.05) is 13.2 Å². The molecule has 0 N–H and O–H groups in total. The van der Waals surface area contributed by atoms with Crippen molar-refractivity contribution in [1.82, 2.24) is 0 Å². The van der Waals surface area contributed by atoms with Gasteiger partial charge in [0.25, 0.3) is 0 Å². The average molecular weight is 705 g/mol. The Bertz CT molecular complexity index is 674. The molecule has 0 amide bonds. The maximum atomic E-state index is 12.8. The molecule has 0 saturated heterocycles. The van der Waals surface area contributed by atoms with Crippen LogP contribution in [0.4, 0.5) is 0 Å². The Labute approximate surface area is 313 Å². The van der Waals surface area contributed by atoms with Crippen LogP contribution in [0.3, 0.4) is 0 Å². The van der Waals surface area contributed by atoms with Crippen LogP contribution in [0.15, 0.2) is 0 Å². The number of carbonyl (C=O) groups excluding carboxylic acids is 2. The van der Waals surface area contributed by atoms with E-state index in [9.17, 15) is 9.59 Å². The summed E-state index contributed by atoms with van der Waals surface area (Å²) >= 11 is 0. The molecule has 1 fully saturated rings. The van der Waals surface area contributed by atoms with E-state index < -0.39 is 5.41 Å². The van der Waals surface area contributed by atoms with Gasteiger partial charge in [-0.2, -0.15) is 0 Å². The predicted octanol–water partition coefficient (Wildman–Crippen LogP) is 15.3. The highest BCUT2D eigenvalue weighted by Gasteiger charge is 2.53. The van der Waals surface area contributed by atoms with Crippen LogP contribution in [0, 0.1) is 5.41 Å². The average Bonchev–Trinajstić information content (AvgIpc) is 3.09.